The highest BCUT2D eigenvalue weighted by Gasteiger charge is 2.27. The Morgan fingerprint density at radius 2 is 1.77 bits per heavy atom. The normalized spacial score (nSPS) is 12.5. The first-order valence-corrected chi connectivity index (χ1v) is 14.2. The van der Waals surface area contributed by atoms with E-state index in [4.69, 9.17) is 19.0 Å². The molecule has 174 valence electrons. The van der Waals surface area contributed by atoms with Crippen LogP contribution in [0.2, 0.25) is 18.6 Å². The average molecular weight is 450 g/mol. The summed E-state index contributed by atoms with van der Waals surface area (Å²) in [6.07, 6.45) is 6.91. The molecule has 1 aromatic rings. The number of benzene rings is 1. The minimum Gasteiger partial charge on any atom is -0.500 e. The first-order valence-electron chi connectivity index (χ1n) is 11.1. The fraction of sp³-hybridized carbons (Fsp3) is 0.583. The van der Waals surface area contributed by atoms with Gasteiger partial charge in [-0.15, -0.1) is 0 Å². The lowest BCUT2D eigenvalue weighted by molar-refractivity contribution is -0.138. The van der Waals surface area contributed by atoms with Crippen molar-refractivity contribution in [1.82, 2.24) is 0 Å². The maximum Gasteiger partial charge on any atom is 0.377 e. The van der Waals surface area contributed by atoms with Crippen LogP contribution in [-0.4, -0.2) is 40.2 Å². The summed E-state index contributed by atoms with van der Waals surface area (Å²) in [6.45, 7) is 10.7. The van der Waals surface area contributed by atoms with Crippen LogP contribution in [0.1, 0.15) is 57.6 Å². The molecule has 0 atom stereocenters. The van der Waals surface area contributed by atoms with Gasteiger partial charge in [0.1, 0.15) is 18.2 Å². The fourth-order valence-corrected chi connectivity index (χ4v) is 6.52. The zero-order chi connectivity index (χ0) is 23.3. The molecule has 6 nitrogen and oxygen atoms in total. The number of oxime groups is 1. The van der Waals surface area contributed by atoms with E-state index in [1.807, 2.05) is 32.0 Å². The third-order valence-electron chi connectivity index (χ3n) is 5.32. The summed E-state index contributed by atoms with van der Waals surface area (Å²) in [7, 11) is 1.29. The van der Waals surface area contributed by atoms with Crippen LogP contribution in [0.5, 0.6) is 5.75 Å². The largest absolute Gasteiger partial charge is 0.500 e. The van der Waals surface area contributed by atoms with Crippen molar-refractivity contribution >= 4 is 19.8 Å². The van der Waals surface area contributed by atoms with E-state index >= 15 is 0 Å². The van der Waals surface area contributed by atoms with Crippen molar-refractivity contribution in [2.75, 3.05) is 20.4 Å². The maximum atomic E-state index is 11.9. The summed E-state index contributed by atoms with van der Waals surface area (Å²) in [6, 6.07) is 8.29. The van der Waals surface area contributed by atoms with E-state index in [0.29, 0.717) is 5.75 Å². The van der Waals surface area contributed by atoms with Gasteiger partial charge in [0.15, 0.2) is 0 Å². The number of esters is 1. The Morgan fingerprint density at radius 3 is 2.32 bits per heavy atom. The van der Waals surface area contributed by atoms with E-state index < -0.39 is 14.0 Å². The molecule has 0 amide bonds. The monoisotopic (exact) mass is 449 g/mol. The van der Waals surface area contributed by atoms with E-state index in [9.17, 15) is 4.79 Å². The molecule has 1 rings (SSSR count). The van der Waals surface area contributed by atoms with E-state index in [0.717, 1.165) is 23.1 Å². The minimum atomic E-state index is -1.45. The van der Waals surface area contributed by atoms with Crippen molar-refractivity contribution in [1.29, 1.82) is 0 Å². The quantitative estimate of drug-likeness (QED) is 0.0871. The molecular formula is C24H39NO5Si. The number of unbranched alkanes of at least 4 members (excludes halogenated alkanes) is 2. The van der Waals surface area contributed by atoms with Crippen LogP contribution in [0, 0.1) is 6.92 Å². The standard InChI is InChI=1S/C24H39NO5Si/c1-8-10-14-31(7,15-11-9-2)18-29-25-20(4)21-13-12-19(3)22(16-21)30-23(17-27-5)24(26)28-6/h12-13,16-17H,8-11,14-15,18H2,1-7H3. The highest BCUT2D eigenvalue weighted by molar-refractivity contribution is 6.78. The topological polar surface area (TPSA) is 66.3 Å². The lowest BCUT2D eigenvalue weighted by Gasteiger charge is -2.25. The Bertz CT molecular complexity index is 752. The third kappa shape index (κ3) is 9.17. The summed E-state index contributed by atoms with van der Waals surface area (Å²) in [5, 5.41) is 4.40. The molecular weight excluding hydrogens is 410 g/mol. The molecule has 0 unspecified atom stereocenters. The number of nitrogens with zero attached hydrogens (tertiary/aromatic N) is 1. The van der Waals surface area contributed by atoms with Gasteiger partial charge in [-0.1, -0.05) is 75.5 Å². The van der Waals surface area contributed by atoms with Gasteiger partial charge in [0.25, 0.3) is 0 Å². The van der Waals surface area contributed by atoms with Crippen molar-refractivity contribution in [2.24, 2.45) is 5.16 Å². The Kier molecular flexibility index (Phi) is 12.0. The fourth-order valence-electron chi connectivity index (χ4n) is 3.19. The highest BCUT2D eigenvalue weighted by atomic mass is 28.3. The number of carbonyl (C=O) groups is 1. The minimum absolute atomic E-state index is 0.0234. The van der Waals surface area contributed by atoms with Crippen LogP contribution in [-0.2, 0) is 19.1 Å². The van der Waals surface area contributed by atoms with Gasteiger partial charge in [0.05, 0.1) is 28.0 Å². The van der Waals surface area contributed by atoms with Gasteiger partial charge in [0, 0.05) is 5.56 Å². The number of methoxy groups -OCH3 is 2. The molecule has 0 saturated carbocycles. The predicted molar refractivity (Wildman–Crippen MR) is 128 cm³/mol. The van der Waals surface area contributed by atoms with Crippen LogP contribution in [0.25, 0.3) is 0 Å². The van der Waals surface area contributed by atoms with Crippen LogP contribution >= 0.6 is 0 Å². The first-order chi connectivity index (χ1) is 14.8. The Morgan fingerprint density at radius 1 is 1.13 bits per heavy atom. The number of aryl methyl sites for hydroxylation is 1. The average Bonchev–Trinajstić information content (AvgIpc) is 2.76. The van der Waals surface area contributed by atoms with Gasteiger partial charge in [-0.05, 0) is 25.5 Å². The summed E-state index contributed by atoms with van der Waals surface area (Å²) in [5.41, 5.74) is 2.51. The maximum absolute atomic E-state index is 11.9. The molecule has 0 spiro atoms. The van der Waals surface area contributed by atoms with E-state index in [-0.39, 0.29) is 5.76 Å². The summed E-state index contributed by atoms with van der Waals surface area (Å²) in [5.74, 6) is -0.0978. The van der Waals surface area contributed by atoms with E-state index in [2.05, 4.69) is 25.6 Å². The molecule has 1 aromatic carbocycles. The zero-order valence-electron chi connectivity index (χ0n) is 20.2. The Balaban J connectivity index is 2.94. The van der Waals surface area contributed by atoms with Gasteiger partial charge in [-0.2, -0.15) is 0 Å². The van der Waals surface area contributed by atoms with Crippen molar-refractivity contribution in [3.05, 3.63) is 41.3 Å². The Labute approximate surface area is 188 Å². The lowest BCUT2D eigenvalue weighted by Crippen LogP contribution is -2.36. The van der Waals surface area contributed by atoms with Gasteiger partial charge in [-0.25, -0.2) is 4.79 Å². The predicted octanol–water partition coefficient (Wildman–Crippen LogP) is 5.99. The smallest absolute Gasteiger partial charge is 0.377 e. The number of hydrogen-bond donors (Lipinski definition) is 0. The highest BCUT2D eigenvalue weighted by Crippen LogP contribution is 2.24. The third-order valence-corrected chi connectivity index (χ3v) is 9.27. The second-order valence-electron chi connectivity index (χ2n) is 8.26. The van der Waals surface area contributed by atoms with Gasteiger partial charge < -0.3 is 19.0 Å². The van der Waals surface area contributed by atoms with Crippen molar-refractivity contribution < 1.29 is 23.8 Å². The number of rotatable bonds is 14. The van der Waals surface area contributed by atoms with Gasteiger partial charge in [-0.3, -0.25) is 0 Å². The molecule has 0 heterocycles. The molecule has 0 radical (unpaired) electrons. The van der Waals surface area contributed by atoms with Gasteiger partial charge in [0.2, 0.25) is 5.76 Å². The summed E-state index contributed by atoms with van der Waals surface area (Å²) in [4.78, 5) is 17.7. The molecule has 0 aliphatic heterocycles. The van der Waals surface area contributed by atoms with Crippen LogP contribution in [0.4, 0.5) is 0 Å². The SMILES string of the molecule is CCCC[Si](C)(CCCC)CON=C(C)c1ccc(C)c(OC(=COC)C(=O)OC)c1. The molecule has 0 saturated heterocycles. The van der Waals surface area contributed by atoms with Crippen LogP contribution < -0.4 is 4.74 Å². The second-order valence-corrected chi connectivity index (χ2v) is 13.2. The molecule has 0 aliphatic rings. The zero-order valence-corrected chi connectivity index (χ0v) is 21.2. The molecule has 0 aromatic heterocycles. The van der Waals surface area contributed by atoms with Crippen LogP contribution in [0.3, 0.4) is 0 Å². The molecule has 0 fully saturated rings. The van der Waals surface area contributed by atoms with Crippen LogP contribution in [0.15, 0.2) is 35.4 Å². The van der Waals surface area contributed by atoms with E-state index in [1.165, 1.54) is 58.3 Å². The number of carbonyl (C=O) groups excluding carboxylic acids is 1. The molecule has 0 N–H and O–H groups in total. The summed E-state index contributed by atoms with van der Waals surface area (Å²) < 4.78 is 15.4. The number of ether oxygens (including phenoxy) is 3. The number of hydrogen-bond acceptors (Lipinski definition) is 6. The van der Waals surface area contributed by atoms with Crippen molar-refractivity contribution in [3.63, 3.8) is 0 Å². The molecule has 31 heavy (non-hydrogen) atoms. The second kappa shape index (κ2) is 13.9. The Hall–Kier alpha value is -2.28. The summed E-state index contributed by atoms with van der Waals surface area (Å²) >= 11 is 0. The first kappa shape index (κ1) is 26.8. The van der Waals surface area contributed by atoms with Gasteiger partial charge >= 0.3 is 5.97 Å². The van der Waals surface area contributed by atoms with E-state index in [1.54, 1.807) is 0 Å². The van der Waals surface area contributed by atoms with Crippen molar-refractivity contribution in [3.8, 4) is 5.75 Å². The van der Waals surface area contributed by atoms with Crippen molar-refractivity contribution in [2.45, 2.75) is 72.0 Å². The molecule has 0 aliphatic carbocycles. The molecule has 0 bridgehead atoms. The molecule has 7 heteroatoms. The lowest BCUT2D eigenvalue weighted by atomic mass is 10.1.